The molecule has 14 heavy (non-hydrogen) atoms. The van der Waals surface area contributed by atoms with Crippen molar-refractivity contribution >= 4 is 5.82 Å². The van der Waals surface area contributed by atoms with Crippen molar-refractivity contribution in [1.29, 1.82) is 0 Å². The number of rotatable bonds is 1. The van der Waals surface area contributed by atoms with Gasteiger partial charge < -0.3 is 9.80 Å². The summed E-state index contributed by atoms with van der Waals surface area (Å²) in [6.45, 7) is 6.28. The number of anilines is 1. The van der Waals surface area contributed by atoms with Crippen LogP contribution in [0.2, 0.25) is 0 Å². The van der Waals surface area contributed by atoms with Crippen LogP contribution in [0.15, 0.2) is 12.3 Å². The molecule has 1 aromatic heterocycles. The molecule has 1 saturated heterocycles. The van der Waals surface area contributed by atoms with E-state index in [1.807, 2.05) is 19.2 Å². The first-order chi connectivity index (χ1) is 6.75. The van der Waals surface area contributed by atoms with E-state index in [4.69, 9.17) is 0 Å². The molecule has 0 amide bonds. The third-order valence-corrected chi connectivity index (χ3v) is 2.59. The van der Waals surface area contributed by atoms with Crippen LogP contribution in [0.4, 0.5) is 5.82 Å². The highest BCUT2D eigenvalue weighted by molar-refractivity contribution is 5.37. The maximum atomic E-state index is 4.42. The van der Waals surface area contributed by atoms with Gasteiger partial charge in [-0.1, -0.05) is 0 Å². The van der Waals surface area contributed by atoms with Crippen molar-refractivity contribution in [2.75, 3.05) is 38.1 Å². The summed E-state index contributed by atoms with van der Waals surface area (Å²) in [5.74, 6) is 1.91. The summed E-state index contributed by atoms with van der Waals surface area (Å²) < 4.78 is 0. The van der Waals surface area contributed by atoms with Gasteiger partial charge in [0, 0.05) is 32.4 Å². The van der Waals surface area contributed by atoms with Crippen LogP contribution < -0.4 is 4.90 Å². The number of aryl methyl sites for hydroxylation is 1. The van der Waals surface area contributed by atoms with Crippen LogP contribution in [0.25, 0.3) is 0 Å². The Bertz CT molecular complexity index is 305. The molecule has 2 heterocycles. The highest BCUT2D eigenvalue weighted by atomic mass is 15.3. The molecule has 76 valence electrons. The van der Waals surface area contributed by atoms with Crippen molar-refractivity contribution in [3.05, 3.63) is 18.1 Å². The summed E-state index contributed by atoms with van der Waals surface area (Å²) in [7, 11) is 2.16. The van der Waals surface area contributed by atoms with Crippen LogP contribution in [0.5, 0.6) is 0 Å². The zero-order valence-corrected chi connectivity index (χ0v) is 8.77. The minimum Gasteiger partial charge on any atom is -0.354 e. The number of hydrogen-bond donors (Lipinski definition) is 0. The average molecular weight is 192 g/mol. The SMILES string of the molecule is Cc1nccc(N2CCN(C)CC2)n1. The molecular weight excluding hydrogens is 176 g/mol. The van der Waals surface area contributed by atoms with E-state index in [-0.39, 0.29) is 0 Å². The average Bonchev–Trinajstić information content (AvgIpc) is 2.19. The van der Waals surface area contributed by atoms with E-state index in [1.165, 1.54) is 0 Å². The van der Waals surface area contributed by atoms with Gasteiger partial charge in [-0.3, -0.25) is 0 Å². The molecule has 0 unspecified atom stereocenters. The molecule has 0 aromatic carbocycles. The molecule has 0 aliphatic carbocycles. The topological polar surface area (TPSA) is 32.3 Å². The third kappa shape index (κ3) is 2.01. The Hall–Kier alpha value is -1.16. The molecule has 2 rings (SSSR count). The van der Waals surface area contributed by atoms with Crippen molar-refractivity contribution in [1.82, 2.24) is 14.9 Å². The monoisotopic (exact) mass is 192 g/mol. The Balaban J connectivity index is 2.08. The summed E-state index contributed by atoms with van der Waals surface area (Å²) in [5, 5.41) is 0. The van der Waals surface area contributed by atoms with Gasteiger partial charge >= 0.3 is 0 Å². The molecule has 4 nitrogen and oxygen atoms in total. The minimum absolute atomic E-state index is 0.849. The van der Waals surface area contributed by atoms with E-state index in [2.05, 4.69) is 26.8 Å². The summed E-state index contributed by atoms with van der Waals surface area (Å²) in [5.41, 5.74) is 0. The van der Waals surface area contributed by atoms with E-state index in [9.17, 15) is 0 Å². The lowest BCUT2D eigenvalue weighted by atomic mass is 10.3. The molecule has 4 heteroatoms. The van der Waals surface area contributed by atoms with Gasteiger partial charge in [-0.15, -0.1) is 0 Å². The van der Waals surface area contributed by atoms with Crippen molar-refractivity contribution in [2.24, 2.45) is 0 Å². The third-order valence-electron chi connectivity index (χ3n) is 2.59. The zero-order valence-electron chi connectivity index (χ0n) is 8.77. The van der Waals surface area contributed by atoms with Crippen LogP contribution >= 0.6 is 0 Å². The number of nitrogens with zero attached hydrogens (tertiary/aromatic N) is 4. The Labute approximate surface area is 84.6 Å². The number of likely N-dealkylation sites (N-methyl/N-ethyl adjacent to an activating group) is 1. The first kappa shape index (κ1) is 9.40. The molecule has 0 radical (unpaired) electrons. The van der Waals surface area contributed by atoms with Crippen molar-refractivity contribution in [2.45, 2.75) is 6.92 Å². The van der Waals surface area contributed by atoms with E-state index < -0.39 is 0 Å². The zero-order chi connectivity index (χ0) is 9.97. The predicted octanol–water partition coefficient (Wildman–Crippen LogP) is 0.537. The fourth-order valence-corrected chi connectivity index (χ4v) is 1.66. The van der Waals surface area contributed by atoms with Crippen LogP contribution in [0, 0.1) is 6.92 Å². The summed E-state index contributed by atoms with van der Waals surface area (Å²) >= 11 is 0. The Kier molecular flexibility index (Phi) is 2.63. The lowest BCUT2D eigenvalue weighted by Crippen LogP contribution is -2.44. The van der Waals surface area contributed by atoms with Gasteiger partial charge in [0.05, 0.1) is 0 Å². The maximum absolute atomic E-state index is 4.42. The lowest BCUT2D eigenvalue weighted by Gasteiger charge is -2.33. The second-order valence-electron chi connectivity index (χ2n) is 3.75. The van der Waals surface area contributed by atoms with E-state index in [0.717, 1.165) is 37.8 Å². The molecule has 0 saturated carbocycles. The van der Waals surface area contributed by atoms with Gasteiger partial charge in [0.1, 0.15) is 11.6 Å². The van der Waals surface area contributed by atoms with Gasteiger partial charge in [0.15, 0.2) is 0 Å². The van der Waals surface area contributed by atoms with Crippen molar-refractivity contribution < 1.29 is 0 Å². The minimum atomic E-state index is 0.849. The van der Waals surface area contributed by atoms with Gasteiger partial charge in [0.2, 0.25) is 0 Å². The molecule has 1 fully saturated rings. The fraction of sp³-hybridized carbons (Fsp3) is 0.600. The van der Waals surface area contributed by atoms with Crippen LogP contribution in [-0.4, -0.2) is 48.1 Å². The van der Waals surface area contributed by atoms with E-state index in [1.54, 1.807) is 0 Å². The molecule has 1 aliphatic rings. The standard InChI is InChI=1S/C10H16N4/c1-9-11-4-3-10(12-9)14-7-5-13(2)6-8-14/h3-4H,5-8H2,1-2H3. The Morgan fingerprint density at radius 3 is 2.57 bits per heavy atom. The number of piperazine rings is 1. The van der Waals surface area contributed by atoms with Crippen molar-refractivity contribution in [3.63, 3.8) is 0 Å². The second kappa shape index (κ2) is 3.92. The van der Waals surface area contributed by atoms with Crippen LogP contribution in [0.1, 0.15) is 5.82 Å². The van der Waals surface area contributed by atoms with E-state index in [0.29, 0.717) is 0 Å². The molecular formula is C10H16N4. The van der Waals surface area contributed by atoms with Gasteiger partial charge in [-0.2, -0.15) is 0 Å². The maximum Gasteiger partial charge on any atom is 0.132 e. The van der Waals surface area contributed by atoms with Crippen LogP contribution in [0.3, 0.4) is 0 Å². The molecule has 1 aromatic rings. The van der Waals surface area contributed by atoms with Gasteiger partial charge in [-0.05, 0) is 20.0 Å². The second-order valence-corrected chi connectivity index (χ2v) is 3.75. The molecule has 1 aliphatic heterocycles. The number of aromatic nitrogens is 2. The first-order valence-electron chi connectivity index (χ1n) is 4.99. The smallest absolute Gasteiger partial charge is 0.132 e. The highest BCUT2D eigenvalue weighted by Crippen LogP contribution is 2.11. The first-order valence-corrected chi connectivity index (χ1v) is 4.99. The fourth-order valence-electron chi connectivity index (χ4n) is 1.66. The molecule has 0 spiro atoms. The molecule has 0 bridgehead atoms. The van der Waals surface area contributed by atoms with Gasteiger partial charge in [-0.25, -0.2) is 9.97 Å². The van der Waals surface area contributed by atoms with Crippen LogP contribution in [-0.2, 0) is 0 Å². The summed E-state index contributed by atoms with van der Waals surface area (Å²) in [6, 6.07) is 1.98. The molecule has 0 atom stereocenters. The number of hydrogen-bond acceptors (Lipinski definition) is 4. The highest BCUT2D eigenvalue weighted by Gasteiger charge is 2.14. The lowest BCUT2D eigenvalue weighted by molar-refractivity contribution is 0.312. The summed E-state index contributed by atoms with van der Waals surface area (Å²) in [4.78, 5) is 13.2. The van der Waals surface area contributed by atoms with E-state index >= 15 is 0 Å². The summed E-state index contributed by atoms with van der Waals surface area (Å²) in [6.07, 6.45) is 1.83. The Morgan fingerprint density at radius 2 is 1.93 bits per heavy atom. The normalized spacial score (nSPS) is 18.6. The molecule has 0 N–H and O–H groups in total. The van der Waals surface area contributed by atoms with Crippen molar-refractivity contribution in [3.8, 4) is 0 Å². The quantitative estimate of drug-likeness (QED) is 0.650. The largest absolute Gasteiger partial charge is 0.354 e. The van der Waals surface area contributed by atoms with Gasteiger partial charge in [0.25, 0.3) is 0 Å². The Morgan fingerprint density at radius 1 is 1.21 bits per heavy atom. The predicted molar refractivity (Wildman–Crippen MR) is 56.5 cm³/mol.